The van der Waals surface area contributed by atoms with Crippen molar-refractivity contribution in [2.24, 2.45) is 0 Å². The van der Waals surface area contributed by atoms with Crippen LogP contribution in [0, 0.1) is 0 Å². The first-order valence-electron chi connectivity index (χ1n) is 6.75. The van der Waals surface area contributed by atoms with Gasteiger partial charge in [0, 0.05) is 21.4 Å². The molecule has 0 N–H and O–H groups in total. The highest BCUT2D eigenvalue weighted by molar-refractivity contribution is 9.09. The molecule has 0 bridgehead atoms. The van der Waals surface area contributed by atoms with Crippen LogP contribution in [0.1, 0.15) is 11.1 Å². The third-order valence-corrected chi connectivity index (χ3v) is 4.36. The van der Waals surface area contributed by atoms with Crippen LogP contribution in [0.15, 0.2) is 42.5 Å². The summed E-state index contributed by atoms with van der Waals surface area (Å²) in [5, 5.41) is 4.39. The van der Waals surface area contributed by atoms with E-state index < -0.39 is 0 Å². The monoisotopic (exact) mass is 391 g/mol. The van der Waals surface area contributed by atoms with Crippen LogP contribution in [0.3, 0.4) is 0 Å². The van der Waals surface area contributed by atoms with Gasteiger partial charge in [-0.15, -0.1) is 0 Å². The Morgan fingerprint density at radius 3 is 1.70 bits per heavy atom. The van der Waals surface area contributed by atoms with E-state index in [1.54, 1.807) is 0 Å². The smallest absolute Gasteiger partial charge is 0.0742 e. The summed E-state index contributed by atoms with van der Waals surface area (Å²) in [5.41, 5.74) is 4.91. The minimum atomic E-state index is 0.967. The molecule has 0 unspecified atom stereocenters. The molecule has 3 heteroatoms. The van der Waals surface area contributed by atoms with Gasteiger partial charge in [0.05, 0.1) is 11.0 Å². The summed E-state index contributed by atoms with van der Waals surface area (Å²) >= 11 is 7.05. The lowest BCUT2D eigenvalue weighted by Gasteiger charge is -2.09. The number of nitrogens with zero attached hydrogens (tertiary/aromatic N) is 1. The summed E-state index contributed by atoms with van der Waals surface area (Å²) < 4.78 is 0. The largest absolute Gasteiger partial charge is 0.247 e. The number of alkyl halides is 2. The van der Waals surface area contributed by atoms with Gasteiger partial charge in [-0.3, -0.25) is 0 Å². The molecule has 1 aromatic heterocycles. The number of hydrogen-bond acceptors (Lipinski definition) is 1. The molecule has 0 aliphatic carbocycles. The van der Waals surface area contributed by atoms with Crippen molar-refractivity contribution in [2.45, 2.75) is 12.8 Å². The molecule has 1 nitrogen and oxygen atoms in total. The van der Waals surface area contributed by atoms with Crippen molar-refractivity contribution in [1.29, 1.82) is 0 Å². The van der Waals surface area contributed by atoms with E-state index in [2.05, 4.69) is 74.3 Å². The minimum absolute atomic E-state index is 0.967. The number of aromatic nitrogens is 1. The number of para-hydroxylation sites is 2. The molecule has 1 heterocycles. The van der Waals surface area contributed by atoms with Crippen molar-refractivity contribution >= 4 is 53.7 Å². The van der Waals surface area contributed by atoms with Gasteiger partial charge in [0.15, 0.2) is 0 Å². The van der Waals surface area contributed by atoms with Crippen LogP contribution in [0.2, 0.25) is 0 Å². The Morgan fingerprint density at radius 2 is 1.25 bits per heavy atom. The molecular weight excluding hydrogens is 378 g/mol. The normalized spacial score (nSPS) is 11.3. The summed E-state index contributed by atoms with van der Waals surface area (Å²) in [6, 6.07) is 15.2. The van der Waals surface area contributed by atoms with Gasteiger partial charge in [-0.2, -0.15) is 0 Å². The molecule has 0 saturated carbocycles. The van der Waals surface area contributed by atoms with E-state index >= 15 is 0 Å². The molecule has 2 aromatic carbocycles. The van der Waals surface area contributed by atoms with E-state index in [1.807, 2.05) is 0 Å². The lowest BCUT2D eigenvalue weighted by molar-refractivity contribution is 1.16. The predicted octanol–water partition coefficient (Wildman–Crippen LogP) is 5.26. The lowest BCUT2D eigenvalue weighted by Crippen LogP contribution is -1.95. The lowest BCUT2D eigenvalue weighted by atomic mass is 10.0. The fraction of sp³-hybridized carbons (Fsp3) is 0.235. The van der Waals surface area contributed by atoms with Crippen molar-refractivity contribution in [1.82, 2.24) is 4.98 Å². The molecule has 0 aliphatic rings. The second kappa shape index (κ2) is 6.23. The maximum atomic E-state index is 4.97. The first kappa shape index (κ1) is 14.0. The van der Waals surface area contributed by atoms with Crippen molar-refractivity contribution in [3.63, 3.8) is 0 Å². The molecule has 102 valence electrons. The molecular formula is C17H15Br2N. The van der Waals surface area contributed by atoms with Gasteiger partial charge in [0.1, 0.15) is 0 Å². The van der Waals surface area contributed by atoms with Crippen LogP contribution in [-0.4, -0.2) is 15.6 Å². The van der Waals surface area contributed by atoms with Gasteiger partial charge < -0.3 is 0 Å². The Balaban J connectivity index is 2.30. The van der Waals surface area contributed by atoms with Crippen molar-refractivity contribution in [3.8, 4) is 0 Å². The topological polar surface area (TPSA) is 12.9 Å². The number of aryl methyl sites for hydroxylation is 2. The molecule has 3 aromatic rings. The Kier molecular flexibility index (Phi) is 4.37. The number of fused-ring (bicyclic) bond motifs is 2. The van der Waals surface area contributed by atoms with E-state index in [0.717, 1.165) is 34.5 Å². The van der Waals surface area contributed by atoms with E-state index in [0.29, 0.717) is 0 Å². The van der Waals surface area contributed by atoms with Gasteiger partial charge in [0.2, 0.25) is 0 Å². The molecule has 0 saturated heterocycles. The zero-order chi connectivity index (χ0) is 13.9. The highest BCUT2D eigenvalue weighted by atomic mass is 79.9. The molecule has 0 atom stereocenters. The third kappa shape index (κ3) is 2.61. The zero-order valence-corrected chi connectivity index (χ0v) is 14.2. The molecule has 0 amide bonds. The standard InChI is InChI=1S/C17H15Br2N/c18-9-7-12-3-1-5-14-11-15-6-2-4-13(8-10-19)17(15)20-16(12)14/h1-6,11H,7-10H2. The number of benzene rings is 2. The molecule has 3 rings (SSSR count). The van der Waals surface area contributed by atoms with Crippen molar-refractivity contribution in [3.05, 3.63) is 53.6 Å². The SMILES string of the molecule is BrCCc1cccc2cc3cccc(CCBr)c3nc12. The van der Waals surface area contributed by atoms with E-state index in [9.17, 15) is 0 Å². The third-order valence-electron chi connectivity index (χ3n) is 3.56. The average Bonchev–Trinajstić information content (AvgIpc) is 2.47. The van der Waals surface area contributed by atoms with Gasteiger partial charge in [-0.1, -0.05) is 68.3 Å². The fourth-order valence-corrected chi connectivity index (χ4v) is 3.47. The van der Waals surface area contributed by atoms with Crippen LogP contribution in [-0.2, 0) is 12.8 Å². The van der Waals surface area contributed by atoms with Crippen LogP contribution < -0.4 is 0 Å². The summed E-state index contributed by atoms with van der Waals surface area (Å²) in [6.07, 6.45) is 2.02. The molecule has 0 fully saturated rings. The van der Waals surface area contributed by atoms with Gasteiger partial charge in [0.25, 0.3) is 0 Å². The van der Waals surface area contributed by atoms with E-state index in [1.165, 1.54) is 21.9 Å². The highest BCUT2D eigenvalue weighted by Crippen LogP contribution is 2.25. The summed E-state index contributed by atoms with van der Waals surface area (Å²) in [7, 11) is 0. The number of halogens is 2. The Morgan fingerprint density at radius 1 is 0.750 bits per heavy atom. The molecule has 0 aliphatic heterocycles. The van der Waals surface area contributed by atoms with Gasteiger partial charge in [-0.05, 0) is 30.0 Å². The van der Waals surface area contributed by atoms with Crippen LogP contribution >= 0.6 is 31.9 Å². The van der Waals surface area contributed by atoms with Crippen LogP contribution in [0.5, 0.6) is 0 Å². The molecule has 20 heavy (non-hydrogen) atoms. The maximum Gasteiger partial charge on any atom is 0.0742 e. The summed E-state index contributed by atoms with van der Waals surface area (Å²) in [6.45, 7) is 0. The first-order valence-corrected chi connectivity index (χ1v) is 9.00. The highest BCUT2D eigenvalue weighted by Gasteiger charge is 2.07. The van der Waals surface area contributed by atoms with E-state index in [4.69, 9.17) is 4.98 Å². The second-order valence-corrected chi connectivity index (χ2v) is 6.43. The Hall–Kier alpha value is -0.930. The summed E-state index contributed by atoms with van der Waals surface area (Å²) in [4.78, 5) is 4.97. The first-order chi connectivity index (χ1) is 9.83. The number of rotatable bonds is 4. The number of hydrogen-bond donors (Lipinski definition) is 0. The fourth-order valence-electron chi connectivity index (χ4n) is 2.61. The molecule has 0 spiro atoms. The van der Waals surface area contributed by atoms with Gasteiger partial charge in [-0.25, -0.2) is 4.98 Å². The Labute approximate surface area is 135 Å². The van der Waals surface area contributed by atoms with Crippen molar-refractivity contribution < 1.29 is 0 Å². The summed E-state index contributed by atoms with van der Waals surface area (Å²) in [5.74, 6) is 0. The number of pyridine rings is 1. The van der Waals surface area contributed by atoms with Crippen LogP contribution in [0.4, 0.5) is 0 Å². The zero-order valence-electron chi connectivity index (χ0n) is 11.1. The van der Waals surface area contributed by atoms with Crippen LogP contribution in [0.25, 0.3) is 21.8 Å². The second-order valence-electron chi connectivity index (χ2n) is 4.84. The molecule has 0 radical (unpaired) electrons. The predicted molar refractivity (Wildman–Crippen MR) is 94.2 cm³/mol. The van der Waals surface area contributed by atoms with Gasteiger partial charge >= 0.3 is 0 Å². The maximum absolute atomic E-state index is 4.97. The van der Waals surface area contributed by atoms with E-state index in [-0.39, 0.29) is 0 Å². The average molecular weight is 393 g/mol. The minimum Gasteiger partial charge on any atom is -0.247 e. The Bertz CT molecular complexity index is 691. The van der Waals surface area contributed by atoms with Crippen molar-refractivity contribution in [2.75, 3.05) is 10.7 Å². The quantitative estimate of drug-likeness (QED) is 0.435.